The van der Waals surface area contributed by atoms with Gasteiger partial charge in [0.25, 0.3) is 0 Å². The number of nitrogens with one attached hydrogen (secondary N) is 2. The first-order chi connectivity index (χ1) is 11.1. The summed E-state index contributed by atoms with van der Waals surface area (Å²) in [6, 6.07) is 0.271. The summed E-state index contributed by atoms with van der Waals surface area (Å²) >= 11 is 0. The lowest BCUT2D eigenvalue weighted by atomic mass is 9.94. The fraction of sp³-hybridized carbons (Fsp3) is 0.944. The van der Waals surface area contributed by atoms with Crippen LogP contribution in [0.15, 0.2) is 0 Å². The minimum Gasteiger partial charge on any atom is -0.367 e. The lowest BCUT2D eigenvalue weighted by Crippen LogP contribution is -2.53. The Hall–Kier alpha value is -0.850. The average molecular weight is 341 g/mol. The lowest BCUT2D eigenvalue weighted by molar-refractivity contribution is -0.0691. The van der Waals surface area contributed by atoms with E-state index in [1.54, 1.807) is 0 Å². The van der Waals surface area contributed by atoms with Crippen molar-refractivity contribution < 1.29 is 9.53 Å². The Balaban J connectivity index is 1.72. The first-order valence-corrected chi connectivity index (χ1v) is 9.22. The zero-order valence-electron chi connectivity index (χ0n) is 16.3. The highest BCUT2D eigenvalue weighted by Gasteiger charge is 2.46. The van der Waals surface area contributed by atoms with E-state index in [1.165, 1.54) is 0 Å². The summed E-state index contributed by atoms with van der Waals surface area (Å²) < 4.78 is 6.05. The molecule has 24 heavy (non-hydrogen) atoms. The topological polar surface area (TPSA) is 56.8 Å². The summed E-state index contributed by atoms with van der Waals surface area (Å²) in [6.45, 7) is 12.6. The van der Waals surface area contributed by atoms with Gasteiger partial charge < -0.3 is 25.2 Å². The number of carbonyl (C=O) groups excluding carboxylic acids is 1. The fourth-order valence-corrected chi connectivity index (χ4v) is 3.81. The van der Waals surface area contributed by atoms with Gasteiger partial charge in [-0.15, -0.1) is 0 Å². The monoisotopic (exact) mass is 340 g/mol. The molecule has 1 atom stereocenters. The Bertz CT molecular complexity index is 429. The largest absolute Gasteiger partial charge is 0.367 e. The predicted octanol–water partition coefficient (Wildman–Crippen LogP) is 1.66. The third-order valence-corrected chi connectivity index (χ3v) is 5.17. The molecule has 0 saturated carbocycles. The quantitative estimate of drug-likeness (QED) is 0.799. The zero-order valence-corrected chi connectivity index (χ0v) is 16.3. The van der Waals surface area contributed by atoms with Crippen LogP contribution in [0.2, 0.25) is 0 Å². The van der Waals surface area contributed by atoms with Crippen LogP contribution in [0.25, 0.3) is 0 Å². The molecule has 0 spiro atoms. The SMILES string of the molecule is CN(C)CCN1CCC(NC(=O)NC2CC(C)(C)OC2(C)C)CC1. The zero-order chi connectivity index (χ0) is 18.0. The highest BCUT2D eigenvalue weighted by molar-refractivity contribution is 5.74. The van der Waals surface area contributed by atoms with E-state index in [-0.39, 0.29) is 29.3 Å². The van der Waals surface area contributed by atoms with E-state index in [0.29, 0.717) is 0 Å². The second-order valence-corrected chi connectivity index (χ2v) is 8.76. The number of nitrogens with zero attached hydrogens (tertiary/aromatic N) is 2. The molecule has 6 nitrogen and oxygen atoms in total. The van der Waals surface area contributed by atoms with Crippen LogP contribution in [0.3, 0.4) is 0 Å². The van der Waals surface area contributed by atoms with Gasteiger partial charge in [0, 0.05) is 32.2 Å². The molecule has 0 aliphatic carbocycles. The molecule has 140 valence electrons. The second-order valence-electron chi connectivity index (χ2n) is 8.76. The summed E-state index contributed by atoms with van der Waals surface area (Å²) in [5, 5.41) is 6.28. The first kappa shape index (κ1) is 19.5. The molecule has 2 heterocycles. The number of likely N-dealkylation sites (N-methyl/N-ethyl adjacent to an activating group) is 1. The minimum atomic E-state index is -0.323. The van der Waals surface area contributed by atoms with Crippen LogP contribution >= 0.6 is 0 Å². The van der Waals surface area contributed by atoms with Gasteiger partial charge in [-0.2, -0.15) is 0 Å². The average Bonchev–Trinajstić information content (AvgIpc) is 2.65. The van der Waals surface area contributed by atoms with Gasteiger partial charge in [0.2, 0.25) is 0 Å². The third-order valence-electron chi connectivity index (χ3n) is 5.17. The smallest absolute Gasteiger partial charge is 0.315 e. The van der Waals surface area contributed by atoms with Gasteiger partial charge in [-0.25, -0.2) is 4.79 Å². The first-order valence-electron chi connectivity index (χ1n) is 9.22. The summed E-state index contributed by atoms with van der Waals surface area (Å²) in [5.41, 5.74) is -0.504. The van der Waals surface area contributed by atoms with E-state index in [1.807, 2.05) is 0 Å². The number of ether oxygens (including phenoxy) is 1. The maximum atomic E-state index is 12.4. The number of hydrogen-bond donors (Lipinski definition) is 2. The molecular formula is C18H36N4O2. The number of likely N-dealkylation sites (tertiary alicyclic amines) is 1. The number of carbonyl (C=O) groups is 1. The Morgan fingerprint density at radius 1 is 1.17 bits per heavy atom. The Labute approximate surface area is 147 Å². The maximum Gasteiger partial charge on any atom is 0.315 e. The molecule has 2 saturated heterocycles. The van der Waals surface area contributed by atoms with Gasteiger partial charge >= 0.3 is 6.03 Å². The molecule has 2 aliphatic rings. The van der Waals surface area contributed by atoms with Crippen LogP contribution in [-0.4, -0.2) is 79.4 Å². The summed E-state index contributed by atoms with van der Waals surface area (Å²) in [6.07, 6.45) is 2.89. The van der Waals surface area contributed by atoms with E-state index in [0.717, 1.165) is 45.4 Å². The van der Waals surface area contributed by atoms with Crippen molar-refractivity contribution >= 4 is 6.03 Å². The molecule has 6 heteroatoms. The molecule has 2 aliphatic heterocycles. The number of amides is 2. The third kappa shape index (κ3) is 5.60. The second kappa shape index (κ2) is 7.58. The highest BCUT2D eigenvalue weighted by atomic mass is 16.5. The van der Waals surface area contributed by atoms with Crippen molar-refractivity contribution in [2.24, 2.45) is 0 Å². The van der Waals surface area contributed by atoms with E-state index in [2.05, 4.69) is 62.2 Å². The minimum absolute atomic E-state index is 0.0488. The molecule has 2 amide bonds. The van der Waals surface area contributed by atoms with Crippen LogP contribution in [-0.2, 0) is 4.74 Å². The van der Waals surface area contributed by atoms with Crippen LogP contribution in [0.5, 0.6) is 0 Å². The van der Waals surface area contributed by atoms with Crippen molar-refractivity contribution in [3.8, 4) is 0 Å². The molecule has 0 aromatic carbocycles. The van der Waals surface area contributed by atoms with Gasteiger partial charge in [-0.05, 0) is 61.1 Å². The molecule has 0 aromatic rings. The molecule has 0 bridgehead atoms. The lowest BCUT2D eigenvalue weighted by Gasteiger charge is -2.33. The van der Waals surface area contributed by atoms with E-state index < -0.39 is 0 Å². The van der Waals surface area contributed by atoms with Crippen molar-refractivity contribution in [3.63, 3.8) is 0 Å². The molecule has 2 fully saturated rings. The van der Waals surface area contributed by atoms with Crippen LogP contribution in [0.1, 0.15) is 47.0 Å². The fourth-order valence-electron chi connectivity index (χ4n) is 3.81. The van der Waals surface area contributed by atoms with Crippen molar-refractivity contribution in [3.05, 3.63) is 0 Å². The summed E-state index contributed by atoms with van der Waals surface area (Å²) in [5.74, 6) is 0. The van der Waals surface area contributed by atoms with Crippen molar-refractivity contribution in [1.82, 2.24) is 20.4 Å². The number of urea groups is 1. The maximum absolute atomic E-state index is 12.4. The van der Waals surface area contributed by atoms with Crippen molar-refractivity contribution in [1.29, 1.82) is 0 Å². The highest BCUT2D eigenvalue weighted by Crippen LogP contribution is 2.37. The molecule has 0 aromatic heterocycles. The number of rotatable bonds is 5. The van der Waals surface area contributed by atoms with Crippen molar-refractivity contribution in [2.75, 3.05) is 40.3 Å². The molecule has 1 unspecified atom stereocenters. The van der Waals surface area contributed by atoms with Crippen LogP contribution in [0.4, 0.5) is 4.79 Å². The van der Waals surface area contributed by atoms with Gasteiger partial charge in [-0.3, -0.25) is 0 Å². The Morgan fingerprint density at radius 2 is 1.79 bits per heavy atom. The molecular weight excluding hydrogens is 304 g/mol. The molecule has 0 radical (unpaired) electrons. The summed E-state index contributed by atoms with van der Waals surface area (Å²) in [4.78, 5) is 17.1. The van der Waals surface area contributed by atoms with E-state index in [4.69, 9.17) is 4.74 Å². The Morgan fingerprint density at radius 3 is 2.29 bits per heavy atom. The van der Waals surface area contributed by atoms with Gasteiger partial charge in [-0.1, -0.05) is 0 Å². The number of piperidine rings is 1. The molecule has 2 rings (SSSR count). The van der Waals surface area contributed by atoms with Crippen LogP contribution < -0.4 is 10.6 Å². The Kier molecular flexibility index (Phi) is 6.15. The molecule has 2 N–H and O–H groups in total. The number of hydrogen-bond acceptors (Lipinski definition) is 4. The van der Waals surface area contributed by atoms with Gasteiger partial charge in [0.15, 0.2) is 0 Å². The van der Waals surface area contributed by atoms with E-state index >= 15 is 0 Å². The summed E-state index contributed by atoms with van der Waals surface area (Å²) in [7, 11) is 4.21. The van der Waals surface area contributed by atoms with Gasteiger partial charge in [0.1, 0.15) is 0 Å². The van der Waals surface area contributed by atoms with Crippen LogP contribution in [0, 0.1) is 0 Å². The van der Waals surface area contributed by atoms with E-state index in [9.17, 15) is 4.79 Å². The van der Waals surface area contributed by atoms with Gasteiger partial charge in [0.05, 0.1) is 17.2 Å². The van der Waals surface area contributed by atoms with Crippen molar-refractivity contribution in [2.45, 2.75) is 70.2 Å². The predicted molar refractivity (Wildman–Crippen MR) is 97.3 cm³/mol. The normalized spacial score (nSPS) is 27.4. The standard InChI is InChI=1S/C18H36N4O2/c1-17(2)13-15(18(3,4)24-17)20-16(23)19-14-7-9-22(10-8-14)12-11-21(5)6/h14-15H,7-13H2,1-6H3,(H2,19,20,23).